The molecule has 0 aromatic heterocycles. The fourth-order valence-corrected chi connectivity index (χ4v) is 2.55. The molecule has 4 nitrogen and oxygen atoms in total. The molecule has 1 saturated heterocycles. The summed E-state index contributed by atoms with van der Waals surface area (Å²) in [5, 5.41) is 3.40. The van der Waals surface area contributed by atoms with E-state index in [1.165, 1.54) is 0 Å². The van der Waals surface area contributed by atoms with E-state index in [0.717, 1.165) is 24.3 Å². The zero-order valence-corrected chi connectivity index (χ0v) is 9.85. The minimum atomic E-state index is -0.206. The number of anilines is 1. The smallest absolute Gasteiger partial charge is 0.248 e. The Labute approximate surface area is 101 Å². The number of fused-ring (bicyclic) bond motifs is 1. The first-order chi connectivity index (χ1) is 8.27. The van der Waals surface area contributed by atoms with E-state index in [-0.39, 0.29) is 11.9 Å². The van der Waals surface area contributed by atoms with Crippen LogP contribution in [0.15, 0.2) is 24.3 Å². The van der Waals surface area contributed by atoms with Crippen molar-refractivity contribution >= 4 is 11.6 Å². The summed E-state index contributed by atoms with van der Waals surface area (Å²) in [6, 6.07) is 8.03. The molecule has 2 unspecified atom stereocenters. The second-order valence-corrected chi connectivity index (χ2v) is 4.62. The van der Waals surface area contributed by atoms with E-state index in [1.807, 2.05) is 31.3 Å². The molecular formula is C13H16N2O2. The highest BCUT2D eigenvalue weighted by Gasteiger charge is 2.36. The molecule has 3 rings (SSSR count). The molecule has 0 radical (unpaired) electrons. The summed E-state index contributed by atoms with van der Waals surface area (Å²) in [6.07, 6.45) is 0.982. The number of amides is 1. The van der Waals surface area contributed by atoms with E-state index < -0.39 is 0 Å². The maximum Gasteiger partial charge on any atom is 0.248 e. The van der Waals surface area contributed by atoms with Gasteiger partial charge in [0, 0.05) is 30.9 Å². The van der Waals surface area contributed by atoms with Crippen molar-refractivity contribution < 1.29 is 9.53 Å². The zero-order valence-electron chi connectivity index (χ0n) is 9.85. The molecule has 1 aromatic carbocycles. The first-order valence-electron chi connectivity index (χ1n) is 5.97. The summed E-state index contributed by atoms with van der Waals surface area (Å²) in [5.74, 6) is 0.123. The normalized spacial score (nSPS) is 27.6. The highest BCUT2D eigenvalue weighted by atomic mass is 16.5. The Hall–Kier alpha value is -1.39. The van der Waals surface area contributed by atoms with Crippen molar-refractivity contribution in [1.29, 1.82) is 0 Å². The second kappa shape index (κ2) is 4.13. The largest absolute Gasteiger partial charge is 0.380 e. The molecule has 1 aromatic rings. The monoisotopic (exact) mass is 232 g/mol. The number of nitrogens with one attached hydrogen (secondary N) is 1. The van der Waals surface area contributed by atoms with Crippen molar-refractivity contribution in [2.45, 2.75) is 18.5 Å². The summed E-state index contributed by atoms with van der Waals surface area (Å²) in [4.78, 5) is 13.9. The topological polar surface area (TPSA) is 41.6 Å². The molecule has 1 N–H and O–H groups in total. The van der Waals surface area contributed by atoms with Gasteiger partial charge in [0.15, 0.2) is 0 Å². The Bertz CT molecular complexity index is 441. The molecule has 1 fully saturated rings. The van der Waals surface area contributed by atoms with Gasteiger partial charge in [0.2, 0.25) is 5.91 Å². The van der Waals surface area contributed by atoms with Crippen LogP contribution in [0.3, 0.4) is 0 Å². The Morgan fingerprint density at radius 1 is 1.41 bits per heavy atom. The summed E-state index contributed by atoms with van der Waals surface area (Å²) in [6.45, 7) is 1.49. The Morgan fingerprint density at radius 2 is 2.24 bits per heavy atom. The summed E-state index contributed by atoms with van der Waals surface area (Å²) < 4.78 is 5.33. The van der Waals surface area contributed by atoms with Crippen LogP contribution in [0.25, 0.3) is 0 Å². The Balaban J connectivity index is 1.86. The van der Waals surface area contributed by atoms with Gasteiger partial charge in [-0.3, -0.25) is 10.1 Å². The van der Waals surface area contributed by atoms with Crippen LogP contribution in [0.5, 0.6) is 0 Å². The van der Waals surface area contributed by atoms with E-state index in [2.05, 4.69) is 5.32 Å². The van der Waals surface area contributed by atoms with Crippen LogP contribution in [0, 0.1) is 0 Å². The molecule has 0 aliphatic carbocycles. The van der Waals surface area contributed by atoms with Crippen LogP contribution >= 0.6 is 0 Å². The van der Waals surface area contributed by atoms with Crippen molar-refractivity contribution in [3.05, 3.63) is 29.8 Å². The fourth-order valence-electron chi connectivity index (χ4n) is 2.55. The number of benzene rings is 1. The average Bonchev–Trinajstić information content (AvgIpc) is 2.94. The summed E-state index contributed by atoms with van der Waals surface area (Å²) in [5.41, 5.74) is 2.08. The van der Waals surface area contributed by atoms with E-state index in [0.29, 0.717) is 12.6 Å². The highest BCUT2D eigenvalue weighted by Crippen LogP contribution is 2.34. The van der Waals surface area contributed by atoms with Gasteiger partial charge >= 0.3 is 0 Å². The number of hydrogen-bond acceptors (Lipinski definition) is 3. The number of ether oxygens (including phenoxy) is 1. The van der Waals surface area contributed by atoms with Crippen molar-refractivity contribution in [3.8, 4) is 0 Å². The molecule has 4 heteroatoms. The van der Waals surface area contributed by atoms with Gasteiger partial charge in [-0.15, -0.1) is 0 Å². The number of carbonyl (C=O) groups excluding carboxylic acids is 1. The summed E-state index contributed by atoms with van der Waals surface area (Å²) >= 11 is 0. The Morgan fingerprint density at radius 3 is 3.00 bits per heavy atom. The van der Waals surface area contributed by atoms with E-state index in [4.69, 9.17) is 4.74 Å². The van der Waals surface area contributed by atoms with Gasteiger partial charge in [0.25, 0.3) is 0 Å². The van der Waals surface area contributed by atoms with Crippen molar-refractivity contribution in [2.75, 3.05) is 25.2 Å². The third kappa shape index (κ3) is 1.73. The van der Waals surface area contributed by atoms with Crippen molar-refractivity contribution in [3.63, 3.8) is 0 Å². The van der Waals surface area contributed by atoms with Crippen LogP contribution in [0.1, 0.15) is 18.0 Å². The van der Waals surface area contributed by atoms with Crippen LogP contribution < -0.4 is 10.2 Å². The molecule has 1 amide bonds. The van der Waals surface area contributed by atoms with E-state index >= 15 is 0 Å². The molecule has 2 heterocycles. The van der Waals surface area contributed by atoms with Gasteiger partial charge in [-0.2, -0.15) is 0 Å². The minimum absolute atomic E-state index is 0.123. The van der Waals surface area contributed by atoms with Crippen molar-refractivity contribution in [2.24, 2.45) is 0 Å². The standard InChI is InChI=1S/C13H16N2O2/c1-15-11-5-3-2-4-10(11)12(13(15)16)14-9-6-7-17-8-9/h2-5,9,12,14H,6-8H2,1H3. The van der Waals surface area contributed by atoms with Gasteiger partial charge in [0.1, 0.15) is 6.04 Å². The number of rotatable bonds is 2. The predicted molar refractivity (Wildman–Crippen MR) is 65.0 cm³/mol. The first-order valence-corrected chi connectivity index (χ1v) is 5.97. The number of para-hydroxylation sites is 1. The first kappa shape index (κ1) is 10.7. The maximum absolute atomic E-state index is 12.2. The fraction of sp³-hybridized carbons (Fsp3) is 0.462. The molecule has 17 heavy (non-hydrogen) atoms. The van der Waals surface area contributed by atoms with Gasteiger partial charge in [0.05, 0.1) is 6.61 Å². The zero-order chi connectivity index (χ0) is 11.8. The van der Waals surface area contributed by atoms with Crippen LogP contribution in [-0.2, 0) is 9.53 Å². The van der Waals surface area contributed by atoms with Gasteiger partial charge in [-0.05, 0) is 12.5 Å². The molecule has 2 aliphatic heterocycles. The molecule has 2 atom stereocenters. The average molecular weight is 232 g/mol. The number of likely N-dealkylation sites (N-methyl/N-ethyl adjacent to an activating group) is 1. The predicted octanol–water partition coefficient (Wildman–Crippen LogP) is 1.08. The number of carbonyl (C=O) groups is 1. The minimum Gasteiger partial charge on any atom is -0.380 e. The van der Waals surface area contributed by atoms with Gasteiger partial charge in [-0.1, -0.05) is 18.2 Å². The molecule has 0 saturated carbocycles. The lowest BCUT2D eigenvalue weighted by molar-refractivity contribution is -0.119. The van der Waals surface area contributed by atoms with Gasteiger partial charge < -0.3 is 9.64 Å². The van der Waals surface area contributed by atoms with Crippen LogP contribution in [0.2, 0.25) is 0 Å². The third-order valence-electron chi connectivity index (χ3n) is 3.52. The summed E-state index contributed by atoms with van der Waals surface area (Å²) in [7, 11) is 1.83. The molecule has 0 bridgehead atoms. The van der Waals surface area contributed by atoms with E-state index in [1.54, 1.807) is 4.90 Å². The van der Waals surface area contributed by atoms with Crippen LogP contribution in [-0.4, -0.2) is 32.2 Å². The molecule has 0 spiro atoms. The second-order valence-electron chi connectivity index (χ2n) is 4.62. The van der Waals surface area contributed by atoms with E-state index in [9.17, 15) is 4.79 Å². The SMILES string of the molecule is CN1C(=O)C(NC2CCOC2)c2ccccc21. The van der Waals surface area contributed by atoms with Crippen LogP contribution in [0.4, 0.5) is 5.69 Å². The molecule has 90 valence electrons. The third-order valence-corrected chi connectivity index (χ3v) is 3.52. The lowest BCUT2D eigenvalue weighted by Gasteiger charge is -2.17. The maximum atomic E-state index is 12.2. The Kier molecular flexibility index (Phi) is 2.61. The van der Waals surface area contributed by atoms with Crippen molar-refractivity contribution in [1.82, 2.24) is 5.32 Å². The highest BCUT2D eigenvalue weighted by molar-refractivity contribution is 6.04. The number of nitrogens with zero attached hydrogens (tertiary/aromatic N) is 1. The number of hydrogen-bond donors (Lipinski definition) is 1. The molecular weight excluding hydrogens is 216 g/mol. The van der Waals surface area contributed by atoms with Gasteiger partial charge in [-0.25, -0.2) is 0 Å². The molecule has 2 aliphatic rings. The lowest BCUT2D eigenvalue weighted by Crippen LogP contribution is -2.38. The quantitative estimate of drug-likeness (QED) is 0.829. The lowest BCUT2D eigenvalue weighted by atomic mass is 10.1.